The van der Waals surface area contributed by atoms with Crippen molar-refractivity contribution < 1.29 is 0 Å². The first-order chi connectivity index (χ1) is 9.13. The quantitative estimate of drug-likeness (QED) is 0.529. The van der Waals surface area contributed by atoms with Crippen LogP contribution in [0, 0.1) is 40.9 Å². The Bertz CT molecular complexity index is 359. The van der Waals surface area contributed by atoms with Crippen LogP contribution >= 0.6 is 0 Å². The molecule has 0 N–H and O–H groups in total. The third-order valence-electron chi connectivity index (χ3n) is 8.11. The van der Waals surface area contributed by atoms with Crippen LogP contribution < -0.4 is 0 Å². The van der Waals surface area contributed by atoms with Gasteiger partial charge in [0, 0.05) is 0 Å². The van der Waals surface area contributed by atoms with E-state index in [1.165, 1.54) is 32.1 Å². The number of rotatable bonds is 0. The van der Waals surface area contributed by atoms with Crippen LogP contribution in [-0.2, 0) is 0 Å². The summed E-state index contributed by atoms with van der Waals surface area (Å²) in [7, 11) is 0. The average Bonchev–Trinajstić information content (AvgIpc) is 2.79. The lowest BCUT2D eigenvalue weighted by Gasteiger charge is -2.60. The highest BCUT2D eigenvalue weighted by Gasteiger charge is 2.57. The first-order valence-electron chi connectivity index (χ1n) is 8.98. The molecule has 0 bridgehead atoms. The summed E-state index contributed by atoms with van der Waals surface area (Å²) in [5.41, 5.74) is 1.35. The monoisotopic (exact) mass is 259 g/mol. The Morgan fingerprint density at radius 2 is 1.74 bits per heavy atom. The van der Waals surface area contributed by atoms with Gasteiger partial charge in [0.2, 0.25) is 0 Å². The fraction of sp³-hybridized carbons (Fsp3) is 0.947. The van der Waals surface area contributed by atoms with Crippen molar-refractivity contribution in [2.75, 3.05) is 0 Å². The van der Waals surface area contributed by atoms with E-state index in [4.69, 9.17) is 0 Å². The Morgan fingerprint density at radius 1 is 0.842 bits per heavy atom. The van der Waals surface area contributed by atoms with Crippen LogP contribution in [-0.4, -0.2) is 0 Å². The molecule has 1 radical (unpaired) electrons. The molecule has 4 saturated carbocycles. The fourth-order valence-corrected chi connectivity index (χ4v) is 7.03. The number of hydrogen-bond donors (Lipinski definition) is 0. The third-order valence-corrected chi connectivity index (χ3v) is 8.11. The summed E-state index contributed by atoms with van der Waals surface area (Å²) >= 11 is 0. The summed E-state index contributed by atoms with van der Waals surface area (Å²) in [5, 5.41) is 0. The zero-order chi connectivity index (χ0) is 13.1. The van der Waals surface area contributed by atoms with Crippen LogP contribution in [0.2, 0.25) is 0 Å². The summed E-state index contributed by atoms with van der Waals surface area (Å²) < 4.78 is 0. The minimum atomic E-state index is 0.624. The zero-order valence-corrected chi connectivity index (χ0v) is 13.0. The highest BCUT2D eigenvalue weighted by atomic mass is 14.6. The van der Waals surface area contributed by atoms with Crippen molar-refractivity contribution in [3.05, 3.63) is 6.42 Å². The molecule has 0 aromatic carbocycles. The molecule has 4 fully saturated rings. The van der Waals surface area contributed by atoms with Gasteiger partial charge in [-0.3, -0.25) is 0 Å². The molecule has 0 spiro atoms. The van der Waals surface area contributed by atoms with E-state index in [-0.39, 0.29) is 0 Å². The minimum absolute atomic E-state index is 0.624. The van der Waals surface area contributed by atoms with Crippen molar-refractivity contribution in [2.45, 2.75) is 78.1 Å². The van der Waals surface area contributed by atoms with Gasteiger partial charge in [-0.1, -0.05) is 26.7 Å². The maximum absolute atomic E-state index is 2.70. The summed E-state index contributed by atoms with van der Waals surface area (Å²) in [6.45, 7) is 5.27. The molecule has 0 saturated heterocycles. The highest BCUT2D eigenvalue weighted by Crippen LogP contribution is 2.65. The molecule has 0 heteroatoms. The molecule has 4 aliphatic carbocycles. The van der Waals surface area contributed by atoms with E-state index in [0.29, 0.717) is 5.41 Å². The van der Waals surface area contributed by atoms with E-state index in [0.717, 1.165) is 29.1 Å². The average molecular weight is 259 g/mol. The number of hydrogen-bond acceptors (Lipinski definition) is 0. The smallest absolute Gasteiger partial charge is 0.0264 e. The van der Waals surface area contributed by atoms with Gasteiger partial charge in [0.25, 0.3) is 0 Å². The molecule has 4 rings (SSSR count). The standard InChI is InChI=1S/C19H31/c1-18-11-5-7-16(18)15-9-8-14-6-3-4-12-19(14,2)17(15)10-13-18/h11,14-17H,3-10,12-13H2,1-2H3/t14-,15?,16?,17?,18-,19-/m0/s1. The Morgan fingerprint density at radius 3 is 2.63 bits per heavy atom. The van der Waals surface area contributed by atoms with E-state index in [1.54, 1.807) is 32.1 Å². The second-order valence-corrected chi connectivity index (χ2v) is 8.73. The van der Waals surface area contributed by atoms with Crippen molar-refractivity contribution in [3.63, 3.8) is 0 Å². The minimum Gasteiger partial charge on any atom is -0.0591 e. The Hall–Kier alpha value is 0. The second kappa shape index (κ2) is 4.25. The summed E-state index contributed by atoms with van der Waals surface area (Å²) in [6.07, 6.45) is 17.9. The molecule has 0 aromatic heterocycles. The van der Waals surface area contributed by atoms with E-state index < -0.39 is 0 Å². The van der Waals surface area contributed by atoms with E-state index in [2.05, 4.69) is 20.3 Å². The number of fused-ring (bicyclic) bond motifs is 5. The molecule has 4 aliphatic rings. The van der Waals surface area contributed by atoms with Crippen molar-refractivity contribution in [3.8, 4) is 0 Å². The van der Waals surface area contributed by atoms with Crippen LogP contribution in [0.25, 0.3) is 0 Å². The van der Waals surface area contributed by atoms with Crippen molar-refractivity contribution in [1.29, 1.82) is 0 Å². The second-order valence-electron chi connectivity index (χ2n) is 8.73. The maximum atomic E-state index is 2.70. The SMILES string of the molecule is C[C@@]12[CH]CCC1C1CC[C@@H]3CCCC[C@]3(C)C1CC2. The topological polar surface area (TPSA) is 0 Å². The lowest BCUT2D eigenvalue weighted by atomic mass is 9.45. The van der Waals surface area contributed by atoms with Crippen LogP contribution in [0.15, 0.2) is 0 Å². The summed E-state index contributed by atoms with van der Waals surface area (Å²) in [6, 6.07) is 0. The van der Waals surface area contributed by atoms with Crippen LogP contribution in [0.3, 0.4) is 0 Å². The fourth-order valence-electron chi connectivity index (χ4n) is 7.03. The van der Waals surface area contributed by atoms with Gasteiger partial charge in [-0.2, -0.15) is 0 Å². The van der Waals surface area contributed by atoms with Gasteiger partial charge in [-0.15, -0.1) is 0 Å². The molecule has 0 amide bonds. The molecule has 0 nitrogen and oxygen atoms in total. The first-order valence-corrected chi connectivity index (χ1v) is 8.98. The van der Waals surface area contributed by atoms with Gasteiger partial charge in [-0.05, 0) is 92.3 Å². The normalized spacial score (nSPS) is 57.2. The maximum Gasteiger partial charge on any atom is -0.0264 e. The predicted octanol–water partition coefficient (Wildman–Crippen LogP) is 5.62. The zero-order valence-electron chi connectivity index (χ0n) is 13.0. The van der Waals surface area contributed by atoms with Gasteiger partial charge < -0.3 is 0 Å². The van der Waals surface area contributed by atoms with Crippen LogP contribution in [0.5, 0.6) is 0 Å². The van der Waals surface area contributed by atoms with Gasteiger partial charge in [-0.25, -0.2) is 0 Å². The van der Waals surface area contributed by atoms with Gasteiger partial charge >= 0.3 is 0 Å². The predicted molar refractivity (Wildman–Crippen MR) is 80.6 cm³/mol. The first kappa shape index (κ1) is 12.7. The molecule has 0 aliphatic heterocycles. The van der Waals surface area contributed by atoms with Crippen molar-refractivity contribution in [2.24, 2.45) is 34.5 Å². The molecule has 0 aromatic rings. The van der Waals surface area contributed by atoms with E-state index in [9.17, 15) is 0 Å². The van der Waals surface area contributed by atoms with Gasteiger partial charge in [0.1, 0.15) is 0 Å². The lowest BCUT2D eigenvalue weighted by Crippen LogP contribution is -2.51. The van der Waals surface area contributed by atoms with E-state index in [1.807, 2.05) is 0 Å². The third kappa shape index (κ3) is 1.70. The van der Waals surface area contributed by atoms with E-state index >= 15 is 0 Å². The van der Waals surface area contributed by atoms with Crippen LogP contribution in [0.4, 0.5) is 0 Å². The Balaban J connectivity index is 1.64. The Labute approximate surface area is 119 Å². The summed E-state index contributed by atoms with van der Waals surface area (Å²) in [4.78, 5) is 0. The van der Waals surface area contributed by atoms with Gasteiger partial charge in [0.05, 0.1) is 0 Å². The Kier molecular flexibility index (Phi) is 2.84. The molecule has 107 valence electrons. The largest absolute Gasteiger partial charge is 0.0591 e. The highest BCUT2D eigenvalue weighted by molar-refractivity contribution is 5.11. The molecular weight excluding hydrogens is 228 g/mol. The molecule has 3 unspecified atom stereocenters. The molecular formula is C19H31. The van der Waals surface area contributed by atoms with Crippen LogP contribution in [0.1, 0.15) is 78.1 Å². The molecule has 0 heterocycles. The molecule has 6 atom stereocenters. The summed E-state index contributed by atoms with van der Waals surface area (Å²) in [5.74, 6) is 4.29. The van der Waals surface area contributed by atoms with Gasteiger partial charge in [0.15, 0.2) is 0 Å². The molecule has 19 heavy (non-hydrogen) atoms. The van der Waals surface area contributed by atoms with Crippen molar-refractivity contribution >= 4 is 0 Å². The van der Waals surface area contributed by atoms with Crippen molar-refractivity contribution in [1.82, 2.24) is 0 Å². The lowest BCUT2D eigenvalue weighted by molar-refractivity contribution is -0.0977.